The van der Waals surface area contributed by atoms with Crippen LogP contribution in [0.3, 0.4) is 0 Å². The van der Waals surface area contributed by atoms with Crippen molar-refractivity contribution in [3.63, 3.8) is 0 Å². The van der Waals surface area contributed by atoms with E-state index in [1.54, 1.807) is 24.3 Å². The van der Waals surface area contributed by atoms with Gasteiger partial charge in [-0.25, -0.2) is 8.42 Å². The van der Waals surface area contributed by atoms with E-state index in [0.717, 1.165) is 18.4 Å². The lowest BCUT2D eigenvalue weighted by atomic mass is 10.1. The second-order valence-corrected chi connectivity index (χ2v) is 7.08. The summed E-state index contributed by atoms with van der Waals surface area (Å²) in [6.07, 6.45) is 1.54. The van der Waals surface area contributed by atoms with E-state index in [4.69, 9.17) is 0 Å². The van der Waals surface area contributed by atoms with Crippen LogP contribution in [0.15, 0.2) is 53.4 Å². The molecule has 0 aliphatic heterocycles. The average molecular weight is 346 g/mol. The highest BCUT2D eigenvalue weighted by Gasteiger charge is 2.17. The first-order chi connectivity index (χ1) is 11.5. The zero-order valence-electron chi connectivity index (χ0n) is 13.9. The molecule has 0 aliphatic carbocycles. The number of amides is 1. The van der Waals surface area contributed by atoms with Gasteiger partial charge in [-0.15, -0.1) is 0 Å². The van der Waals surface area contributed by atoms with Crippen LogP contribution >= 0.6 is 0 Å². The Labute approximate surface area is 143 Å². The maximum Gasteiger partial charge on any atom is 0.261 e. The average Bonchev–Trinajstić information content (AvgIpc) is 2.60. The second-order valence-electron chi connectivity index (χ2n) is 5.40. The van der Waals surface area contributed by atoms with Crippen molar-refractivity contribution in [1.29, 1.82) is 0 Å². The number of nitrogens with one attached hydrogen (secondary N) is 2. The molecule has 0 bridgehead atoms. The molecular weight excluding hydrogens is 324 g/mol. The van der Waals surface area contributed by atoms with Crippen molar-refractivity contribution in [2.75, 3.05) is 11.3 Å². The predicted octanol–water partition coefficient (Wildman–Crippen LogP) is 3.19. The first-order valence-electron chi connectivity index (χ1n) is 7.97. The third kappa shape index (κ3) is 4.35. The Morgan fingerprint density at radius 2 is 1.79 bits per heavy atom. The van der Waals surface area contributed by atoms with E-state index in [2.05, 4.69) is 10.0 Å². The van der Waals surface area contributed by atoms with Crippen LogP contribution < -0.4 is 10.0 Å². The summed E-state index contributed by atoms with van der Waals surface area (Å²) in [5.74, 6) is -0.275. The number of hydrogen-bond acceptors (Lipinski definition) is 3. The first-order valence-corrected chi connectivity index (χ1v) is 9.45. The highest BCUT2D eigenvalue weighted by atomic mass is 32.2. The van der Waals surface area contributed by atoms with Gasteiger partial charge in [-0.3, -0.25) is 9.52 Å². The summed E-state index contributed by atoms with van der Waals surface area (Å²) in [5, 5.41) is 2.74. The maximum atomic E-state index is 12.6. The molecule has 128 valence electrons. The van der Waals surface area contributed by atoms with Crippen LogP contribution in [0.5, 0.6) is 0 Å². The zero-order valence-corrected chi connectivity index (χ0v) is 14.7. The number of rotatable bonds is 7. The highest BCUT2D eigenvalue weighted by Crippen LogP contribution is 2.21. The summed E-state index contributed by atoms with van der Waals surface area (Å²) in [5.41, 5.74) is 1.80. The van der Waals surface area contributed by atoms with Gasteiger partial charge in [0.2, 0.25) is 0 Å². The monoisotopic (exact) mass is 346 g/mol. The largest absolute Gasteiger partial charge is 0.352 e. The van der Waals surface area contributed by atoms with E-state index in [-0.39, 0.29) is 10.8 Å². The minimum Gasteiger partial charge on any atom is -0.352 e. The number of benzene rings is 2. The van der Waals surface area contributed by atoms with E-state index < -0.39 is 10.0 Å². The van der Waals surface area contributed by atoms with Gasteiger partial charge in [0.25, 0.3) is 15.9 Å². The van der Waals surface area contributed by atoms with Crippen molar-refractivity contribution in [3.05, 3.63) is 59.7 Å². The summed E-state index contributed by atoms with van der Waals surface area (Å²) in [6, 6.07) is 13.3. The molecule has 0 saturated heterocycles. The molecule has 24 heavy (non-hydrogen) atoms. The number of carbonyl (C=O) groups excluding carboxylic acids is 1. The van der Waals surface area contributed by atoms with Gasteiger partial charge in [0.15, 0.2) is 0 Å². The lowest BCUT2D eigenvalue weighted by Gasteiger charge is -2.12. The van der Waals surface area contributed by atoms with Crippen molar-refractivity contribution in [3.8, 4) is 0 Å². The Bertz CT molecular complexity index is 817. The van der Waals surface area contributed by atoms with Crippen LogP contribution in [0.25, 0.3) is 0 Å². The molecule has 0 unspecified atom stereocenters. The quantitative estimate of drug-likeness (QED) is 0.808. The van der Waals surface area contributed by atoms with E-state index in [1.807, 2.05) is 26.0 Å². The third-order valence-corrected chi connectivity index (χ3v) is 4.95. The zero-order chi connectivity index (χ0) is 17.6. The minimum atomic E-state index is -3.75. The van der Waals surface area contributed by atoms with E-state index in [9.17, 15) is 13.2 Å². The molecule has 6 heteroatoms. The van der Waals surface area contributed by atoms with E-state index in [0.29, 0.717) is 17.8 Å². The Hall–Kier alpha value is -2.34. The molecule has 0 atom stereocenters. The van der Waals surface area contributed by atoms with Crippen molar-refractivity contribution < 1.29 is 13.2 Å². The molecule has 2 rings (SSSR count). The number of hydrogen-bond donors (Lipinski definition) is 2. The molecular formula is C18H22N2O3S. The fourth-order valence-corrected chi connectivity index (χ4v) is 3.42. The van der Waals surface area contributed by atoms with Crippen LogP contribution in [-0.4, -0.2) is 20.9 Å². The molecule has 0 radical (unpaired) electrons. The number of sulfonamides is 1. The van der Waals surface area contributed by atoms with Gasteiger partial charge in [0, 0.05) is 12.1 Å². The standard InChI is InChI=1S/C18H22N2O3S/c1-3-12-19-18(21)15-9-7-10-16(13-15)24(22,23)20-17-11-6-5-8-14(17)4-2/h5-11,13,20H,3-4,12H2,1-2H3,(H,19,21). The van der Waals surface area contributed by atoms with Crippen molar-refractivity contribution in [2.24, 2.45) is 0 Å². The lowest BCUT2D eigenvalue weighted by molar-refractivity contribution is 0.0953. The fourth-order valence-electron chi connectivity index (χ4n) is 2.28. The number of carbonyl (C=O) groups is 1. The summed E-state index contributed by atoms with van der Waals surface area (Å²) >= 11 is 0. The van der Waals surface area contributed by atoms with Gasteiger partial charge in [0.1, 0.15) is 0 Å². The first kappa shape index (κ1) is 18.0. The van der Waals surface area contributed by atoms with Crippen LogP contribution in [0.1, 0.15) is 36.2 Å². The normalized spacial score (nSPS) is 11.1. The van der Waals surface area contributed by atoms with Crippen LogP contribution in [0.2, 0.25) is 0 Å². The van der Waals surface area contributed by atoms with E-state index in [1.165, 1.54) is 12.1 Å². The molecule has 0 aliphatic rings. The maximum absolute atomic E-state index is 12.6. The molecule has 2 aromatic rings. The van der Waals surface area contributed by atoms with Gasteiger partial charge in [-0.05, 0) is 42.7 Å². The van der Waals surface area contributed by atoms with Gasteiger partial charge in [0.05, 0.1) is 10.6 Å². The molecule has 0 aromatic heterocycles. The predicted molar refractivity (Wildman–Crippen MR) is 95.7 cm³/mol. The third-order valence-electron chi connectivity index (χ3n) is 3.58. The van der Waals surface area contributed by atoms with E-state index >= 15 is 0 Å². The summed E-state index contributed by atoms with van der Waals surface area (Å²) in [6.45, 7) is 4.47. The number of para-hydroxylation sites is 1. The summed E-state index contributed by atoms with van der Waals surface area (Å²) in [7, 11) is -3.75. The molecule has 0 heterocycles. The Kier molecular flexibility index (Phi) is 5.98. The molecule has 0 saturated carbocycles. The smallest absolute Gasteiger partial charge is 0.261 e. The highest BCUT2D eigenvalue weighted by molar-refractivity contribution is 7.92. The molecule has 5 nitrogen and oxygen atoms in total. The Morgan fingerprint density at radius 3 is 2.50 bits per heavy atom. The Balaban J connectivity index is 2.28. The molecule has 0 fully saturated rings. The van der Waals surface area contributed by atoms with Crippen LogP contribution in [0, 0.1) is 0 Å². The van der Waals surface area contributed by atoms with Crippen LogP contribution in [0.4, 0.5) is 5.69 Å². The fraction of sp³-hybridized carbons (Fsp3) is 0.278. The SMILES string of the molecule is CCCNC(=O)c1cccc(S(=O)(=O)Nc2ccccc2CC)c1. The minimum absolute atomic E-state index is 0.0672. The van der Waals surface area contributed by atoms with Crippen molar-refractivity contribution in [1.82, 2.24) is 5.32 Å². The molecule has 2 N–H and O–H groups in total. The lowest BCUT2D eigenvalue weighted by Crippen LogP contribution is -2.24. The van der Waals surface area contributed by atoms with Gasteiger partial charge < -0.3 is 5.32 Å². The number of anilines is 1. The van der Waals surface area contributed by atoms with Crippen molar-refractivity contribution in [2.45, 2.75) is 31.6 Å². The van der Waals surface area contributed by atoms with Gasteiger partial charge in [-0.1, -0.05) is 38.1 Å². The van der Waals surface area contributed by atoms with Gasteiger partial charge >= 0.3 is 0 Å². The number of aryl methyl sites for hydroxylation is 1. The second kappa shape index (κ2) is 7.97. The van der Waals surface area contributed by atoms with Crippen LogP contribution in [-0.2, 0) is 16.4 Å². The van der Waals surface area contributed by atoms with Crippen molar-refractivity contribution >= 4 is 21.6 Å². The topological polar surface area (TPSA) is 75.3 Å². The summed E-state index contributed by atoms with van der Waals surface area (Å²) in [4.78, 5) is 12.1. The van der Waals surface area contributed by atoms with Gasteiger partial charge in [-0.2, -0.15) is 0 Å². The molecule has 0 spiro atoms. The molecule has 2 aromatic carbocycles. The molecule has 1 amide bonds. The summed E-state index contributed by atoms with van der Waals surface area (Å²) < 4.78 is 27.8. The Morgan fingerprint density at radius 1 is 1.04 bits per heavy atom.